The average Bonchev–Trinajstić information content (AvgIpc) is 3.54. The minimum atomic E-state index is 0.197. The molecule has 1 aromatic heterocycles. The summed E-state index contributed by atoms with van der Waals surface area (Å²) in [5, 5.41) is 11.3. The molecule has 5 aromatic rings. The van der Waals surface area contributed by atoms with Crippen molar-refractivity contribution in [3.63, 3.8) is 0 Å². The Balaban J connectivity index is 0.000000210. The van der Waals surface area contributed by atoms with Crippen LogP contribution in [-0.4, -0.2) is 22.5 Å². The Labute approximate surface area is 255 Å². The first-order valence-corrected chi connectivity index (χ1v) is 14.6. The highest BCUT2D eigenvalue weighted by Gasteiger charge is 2.03. The van der Waals surface area contributed by atoms with Gasteiger partial charge in [0.25, 0.3) is 0 Å². The van der Waals surface area contributed by atoms with Crippen molar-refractivity contribution in [1.29, 1.82) is 0 Å². The molecular formula is C38H42O5. The summed E-state index contributed by atoms with van der Waals surface area (Å²) in [5.74, 6) is 1.94. The molecule has 43 heavy (non-hydrogen) atoms. The molecule has 0 bridgehead atoms. The number of hydrogen-bond donors (Lipinski definition) is 1. The van der Waals surface area contributed by atoms with Gasteiger partial charge in [0.15, 0.2) is 5.78 Å². The Morgan fingerprint density at radius 3 is 1.84 bits per heavy atom. The molecule has 4 aromatic carbocycles. The SMILES string of the molecule is CC(=O)CCc1ccc(O)cc1.CCC(=O)c1ccc2ccccc2c1.CCC(C)=O.c1ccc(Cc2ccco2)cc1. The average molecular weight is 579 g/mol. The lowest BCUT2D eigenvalue weighted by atomic mass is 10.0. The standard InChI is InChI=1S/C13H12O.C11H10O.C10H12O2.C4H8O/c1-2-13(14)12-8-7-10-5-3-4-6-11(10)9-12;1-2-5-10(6-3-1)9-11-7-4-8-12-11;1-8(11)2-3-9-4-6-10(12)7-5-9;1-3-4(2)5/h3-9H,2H2,1H3;1-8H,9H2;4-7,12H,2-3H2,1H3;3H2,1-2H3. The zero-order chi connectivity index (χ0) is 31.5. The zero-order valence-electron chi connectivity index (χ0n) is 25.6. The van der Waals surface area contributed by atoms with E-state index < -0.39 is 0 Å². The van der Waals surface area contributed by atoms with Crippen molar-refractivity contribution in [3.8, 4) is 5.75 Å². The van der Waals surface area contributed by atoms with Gasteiger partial charge in [-0.1, -0.05) is 92.7 Å². The molecule has 0 saturated heterocycles. The zero-order valence-corrected chi connectivity index (χ0v) is 25.6. The Morgan fingerprint density at radius 2 is 1.28 bits per heavy atom. The lowest BCUT2D eigenvalue weighted by Crippen LogP contribution is -1.95. The van der Waals surface area contributed by atoms with Gasteiger partial charge in [0.05, 0.1) is 6.26 Å². The molecule has 0 spiro atoms. The van der Waals surface area contributed by atoms with E-state index in [4.69, 9.17) is 9.52 Å². The summed E-state index contributed by atoms with van der Waals surface area (Å²) >= 11 is 0. The summed E-state index contributed by atoms with van der Waals surface area (Å²) in [6.45, 7) is 6.90. The largest absolute Gasteiger partial charge is 0.508 e. The van der Waals surface area contributed by atoms with Crippen molar-refractivity contribution in [2.75, 3.05) is 0 Å². The van der Waals surface area contributed by atoms with E-state index in [0.29, 0.717) is 19.3 Å². The summed E-state index contributed by atoms with van der Waals surface area (Å²) in [7, 11) is 0. The van der Waals surface area contributed by atoms with Crippen molar-refractivity contribution in [1.82, 2.24) is 0 Å². The van der Waals surface area contributed by atoms with Crippen LogP contribution in [0, 0.1) is 0 Å². The van der Waals surface area contributed by atoms with Crippen LogP contribution in [0.4, 0.5) is 0 Å². The van der Waals surface area contributed by atoms with Crippen LogP contribution in [-0.2, 0) is 22.4 Å². The number of carbonyl (C=O) groups is 3. The van der Waals surface area contributed by atoms with Crippen LogP contribution in [0.1, 0.15) is 74.2 Å². The highest BCUT2D eigenvalue weighted by atomic mass is 16.3. The fourth-order valence-electron chi connectivity index (χ4n) is 3.76. The number of carbonyl (C=O) groups excluding carboxylic acids is 3. The summed E-state index contributed by atoms with van der Waals surface area (Å²) in [6, 6.07) is 35.1. The maximum Gasteiger partial charge on any atom is 0.162 e. The van der Waals surface area contributed by atoms with Gasteiger partial charge in [0.1, 0.15) is 23.1 Å². The highest BCUT2D eigenvalue weighted by Crippen LogP contribution is 2.16. The van der Waals surface area contributed by atoms with Crippen molar-refractivity contribution in [3.05, 3.63) is 138 Å². The van der Waals surface area contributed by atoms with E-state index in [1.165, 1.54) is 10.9 Å². The molecule has 0 aliphatic heterocycles. The molecule has 5 nitrogen and oxygen atoms in total. The van der Waals surface area contributed by atoms with Crippen LogP contribution in [0.25, 0.3) is 10.8 Å². The van der Waals surface area contributed by atoms with Crippen molar-refractivity contribution in [2.45, 2.75) is 59.8 Å². The number of aromatic hydroxyl groups is 1. The first-order valence-electron chi connectivity index (χ1n) is 14.6. The number of benzene rings is 4. The van der Waals surface area contributed by atoms with Gasteiger partial charge in [0, 0.05) is 31.2 Å². The molecule has 1 N–H and O–H groups in total. The molecule has 5 rings (SSSR count). The van der Waals surface area contributed by atoms with E-state index in [0.717, 1.165) is 35.1 Å². The monoisotopic (exact) mass is 578 g/mol. The van der Waals surface area contributed by atoms with Gasteiger partial charge < -0.3 is 19.1 Å². The van der Waals surface area contributed by atoms with Crippen LogP contribution in [0.5, 0.6) is 5.75 Å². The smallest absolute Gasteiger partial charge is 0.162 e. The van der Waals surface area contributed by atoms with E-state index in [1.807, 2.05) is 92.7 Å². The Kier molecular flexibility index (Phi) is 15.5. The lowest BCUT2D eigenvalue weighted by Gasteiger charge is -2.00. The number of ketones is 3. The van der Waals surface area contributed by atoms with Gasteiger partial charge in [-0.05, 0) is 72.5 Å². The van der Waals surface area contributed by atoms with Crippen molar-refractivity contribution >= 4 is 28.1 Å². The molecule has 0 aliphatic rings. The van der Waals surface area contributed by atoms with Crippen LogP contribution in [0.2, 0.25) is 0 Å². The van der Waals surface area contributed by atoms with Crippen LogP contribution in [0.15, 0.2) is 120 Å². The quantitative estimate of drug-likeness (QED) is 0.186. The third-order valence-corrected chi connectivity index (χ3v) is 6.39. The van der Waals surface area contributed by atoms with E-state index in [-0.39, 0.29) is 23.1 Å². The van der Waals surface area contributed by atoms with Crippen LogP contribution in [0.3, 0.4) is 0 Å². The Hall–Kier alpha value is -4.77. The second-order valence-corrected chi connectivity index (χ2v) is 10.0. The van der Waals surface area contributed by atoms with Gasteiger partial charge in [-0.3, -0.25) is 4.79 Å². The number of fused-ring (bicyclic) bond motifs is 1. The third kappa shape index (κ3) is 14.1. The third-order valence-electron chi connectivity index (χ3n) is 6.39. The fourth-order valence-corrected chi connectivity index (χ4v) is 3.76. The predicted molar refractivity (Wildman–Crippen MR) is 175 cm³/mol. The highest BCUT2D eigenvalue weighted by molar-refractivity contribution is 5.99. The van der Waals surface area contributed by atoms with Gasteiger partial charge in [0.2, 0.25) is 0 Å². The number of phenols is 1. The molecule has 0 aliphatic carbocycles. The van der Waals surface area contributed by atoms with Gasteiger partial charge in [-0.15, -0.1) is 0 Å². The maximum absolute atomic E-state index is 11.5. The second kappa shape index (κ2) is 19.4. The molecular weight excluding hydrogens is 536 g/mol. The van der Waals surface area contributed by atoms with Crippen LogP contribution >= 0.6 is 0 Å². The number of hydrogen-bond acceptors (Lipinski definition) is 5. The first-order chi connectivity index (χ1) is 20.7. The van der Waals surface area contributed by atoms with Gasteiger partial charge in [-0.2, -0.15) is 0 Å². The minimum Gasteiger partial charge on any atom is -0.508 e. The van der Waals surface area contributed by atoms with E-state index in [2.05, 4.69) is 18.2 Å². The second-order valence-electron chi connectivity index (χ2n) is 10.0. The number of aryl methyl sites for hydroxylation is 1. The molecule has 0 radical (unpaired) electrons. The van der Waals surface area contributed by atoms with Crippen molar-refractivity contribution in [2.24, 2.45) is 0 Å². The van der Waals surface area contributed by atoms with Gasteiger partial charge in [-0.25, -0.2) is 0 Å². The summed E-state index contributed by atoms with van der Waals surface area (Å²) < 4.78 is 5.24. The molecule has 224 valence electrons. The van der Waals surface area contributed by atoms with E-state index >= 15 is 0 Å². The van der Waals surface area contributed by atoms with Crippen LogP contribution < -0.4 is 0 Å². The summed E-state index contributed by atoms with van der Waals surface area (Å²) in [6.07, 6.45) is 5.16. The Morgan fingerprint density at radius 1 is 0.651 bits per heavy atom. The number of Topliss-reactive ketones (excluding diaryl/α,β-unsaturated/α-hetero) is 3. The fraction of sp³-hybridized carbons (Fsp3) is 0.237. The molecule has 0 saturated carbocycles. The predicted octanol–water partition coefficient (Wildman–Crippen LogP) is 9.20. The normalized spacial score (nSPS) is 9.77. The van der Waals surface area contributed by atoms with Gasteiger partial charge >= 0.3 is 0 Å². The lowest BCUT2D eigenvalue weighted by molar-refractivity contribution is -0.117. The van der Waals surface area contributed by atoms with E-state index in [9.17, 15) is 14.4 Å². The molecule has 0 atom stereocenters. The summed E-state index contributed by atoms with van der Waals surface area (Å²) in [5.41, 5.74) is 3.18. The number of rotatable bonds is 8. The van der Waals surface area contributed by atoms with E-state index in [1.54, 1.807) is 32.2 Å². The summed E-state index contributed by atoms with van der Waals surface area (Å²) in [4.78, 5) is 31.9. The first kappa shape index (κ1) is 34.4. The maximum atomic E-state index is 11.5. The molecule has 0 unspecified atom stereocenters. The molecule has 5 heteroatoms. The molecule has 1 heterocycles. The topological polar surface area (TPSA) is 84.6 Å². The number of phenolic OH excluding ortho intramolecular Hbond substituents is 1. The minimum absolute atomic E-state index is 0.197. The molecule has 0 amide bonds. The Bertz CT molecular complexity index is 1520. The number of furan rings is 1. The van der Waals surface area contributed by atoms with Crippen molar-refractivity contribution < 1.29 is 23.9 Å². The molecule has 0 fully saturated rings.